The molecule has 0 bridgehead atoms. The zero-order chi connectivity index (χ0) is 28.5. The van der Waals surface area contributed by atoms with Crippen molar-refractivity contribution in [2.24, 2.45) is 17.6 Å². The molecule has 1 amide bonds. The maximum atomic E-state index is 13.8. The molecule has 0 spiro atoms. The number of benzene rings is 2. The van der Waals surface area contributed by atoms with Crippen LogP contribution in [0.5, 0.6) is 0 Å². The lowest BCUT2D eigenvalue weighted by molar-refractivity contribution is -0.138. The number of rotatable bonds is 7. The van der Waals surface area contributed by atoms with Crippen molar-refractivity contribution >= 4 is 23.2 Å². The van der Waals surface area contributed by atoms with Crippen molar-refractivity contribution < 1.29 is 18.0 Å². The molecular weight excluding hydrogens is 525 g/mol. The van der Waals surface area contributed by atoms with E-state index in [1.807, 2.05) is 43.0 Å². The van der Waals surface area contributed by atoms with E-state index >= 15 is 0 Å². The first-order chi connectivity index (χ1) is 18.3. The summed E-state index contributed by atoms with van der Waals surface area (Å²) >= 11 is 6.11. The minimum atomic E-state index is -4.43. The Morgan fingerprint density at radius 1 is 1.00 bits per heavy atom. The maximum Gasteiger partial charge on any atom is 0.416 e. The predicted octanol–water partition coefficient (Wildman–Crippen LogP) is 6.18. The smallest absolute Gasteiger partial charge is 0.368 e. The average Bonchev–Trinajstić information content (AvgIpc) is 3.33. The van der Waals surface area contributed by atoms with E-state index in [4.69, 9.17) is 17.3 Å². The number of carbonyl (C=O) groups excluding carboxylic acids is 1. The second-order valence-electron chi connectivity index (χ2n) is 11.6. The van der Waals surface area contributed by atoms with Crippen LogP contribution in [0.25, 0.3) is 0 Å². The Labute approximate surface area is 235 Å². The molecule has 2 aliphatic heterocycles. The number of nitrogens with zero attached hydrogens (tertiary/aromatic N) is 3. The number of anilines is 1. The first kappa shape index (κ1) is 29.7. The summed E-state index contributed by atoms with van der Waals surface area (Å²) in [5, 5.41) is 0.673. The number of hydrogen-bond donors (Lipinski definition) is 1. The minimum Gasteiger partial charge on any atom is -0.368 e. The van der Waals surface area contributed by atoms with Crippen LogP contribution < -0.4 is 10.6 Å². The van der Waals surface area contributed by atoms with Crippen molar-refractivity contribution in [3.63, 3.8) is 0 Å². The molecule has 2 N–H and O–H groups in total. The summed E-state index contributed by atoms with van der Waals surface area (Å²) in [6.07, 6.45) is -3.84. The summed E-state index contributed by atoms with van der Waals surface area (Å²) in [7, 11) is 0. The van der Waals surface area contributed by atoms with Crippen LogP contribution >= 0.6 is 11.6 Å². The van der Waals surface area contributed by atoms with Gasteiger partial charge >= 0.3 is 6.18 Å². The second kappa shape index (κ2) is 12.1. The monoisotopic (exact) mass is 564 g/mol. The lowest BCUT2D eigenvalue weighted by atomic mass is 9.88. The summed E-state index contributed by atoms with van der Waals surface area (Å²) in [6, 6.07) is 11.5. The third-order valence-corrected chi connectivity index (χ3v) is 8.36. The molecule has 4 rings (SSSR count). The summed E-state index contributed by atoms with van der Waals surface area (Å²) in [5.41, 5.74) is 8.10. The largest absolute Gasteiger partial charge is 0.416 e. The Morgan fingerprint density at radius 3 is 2.21 bits per heavy atom. The molecule has 5 nitrogen and oxygen atoms in total. The van der Waals surface area contributed by atoms with Crippen LogP contribution in [-0.4, -0.2) is 61.0 Å². The lowest BCUT2D eigenvalue weighted by Crippen LogP contribution is -2.51. The third-order valence-electron chi connectivity index (χ3n) is 8.11. The second-order valence-corrected chi connectivity index (χ2v) is 12.1. The standard InChI is InChI=1S/C30H40ClF3N4O/c1-19(2)15-27(35)24-16-22(30(32,33)34)7-10-28(24)36-11-13-37(14-12-36)29(39)26-18-38(20(3)4)17-25(26)21-5-8-23(31)9-6-21/h5-10,16,19-20,25-27H,11-15,17-18,35H2,1-4H3/t25?,26?,27-/m0/s1. The minimum absolute atomic E-state index is 0.0887. The Balaban J connectivity index is 1.50. The van der Waals surface area contributed by atoms with Crippen LogP contribution in [0.3, 0.4) is 0 Å². The van der Waals surface area contributed by atoms with Gasteiger partial charge in [-0.15, -0.1) is 0 Å². The van der Waals surface area contributed by atoms with Gasteiger partial charge < -0.3 is 15.5 Å². The van der Waals surface area contributed by atoms with E-state index in [2.05, 4.69) is 23.6 Å². The van der Waals surface area contributed by atoms with Crippen molar-refractivity contribution in [1.82, 2.24) is 9.80 Å². The Morgan fingerprint density at radius 2 is 1.64 bits per heavy atom. The van der Waals surface area contributed by atoms with Gasteiger partial charge in [-0.3, -0.25) is 9.69 Å². The third kappa shape index (κ3) is 6.90. The van der Waals surface area contributed by atoms with Gasteiger partial charge in [0.05, 0.1) is 11.5 Å². The molecule has 214 valence electrons. The molecule has 2 aromatic rings. The Kier molecular flexibility index (Phi) is 9.19. The number of carbonyl (C=O) groups is 1. The number of likely N-dealkylation sites (tertiary alicyclic amines) is 1. The first-order valence-electron chi connectivity index (χ1n) is 13.8. The molecule has 2 unspecified atom stereocenters. The molecular formula is C30H40ClF3N4O. The van der Waals surface area contributed by atoms with E-state index in [1.165, 1.54) is 6.07 Å². The van der Waals surface area contributed by atoms with Crippen LogP contribution in [0, 0.1) is 11.8 Å². The molecule has 0 aliphatic carbocycles. The maximum absolute atomic E-state index is 13.8. The zero-order valence-electron chi connectivity index (χ0n) is 23.2. The molecule has 0 aromatic heterocycles. The SMILES string of the molecule is CC(C)C[C@H](N)c1cc(C(F)(F)F)ccc1N1CCN(C(=O)C2CN(C(C)C)CC2c2ccc(Cl)cc2)CC1. The van der Waals surface area contributed by atoms with Gasteiger partial charge in [0.1, 0.15) is 0 Å². The van der Waals surface area contributed by atoms with Gasteiger partial charge in [0.15, 0.2) is 0 Å². The number of hydrogen-bond acceptors (Lipinski definition) is 4. The molecule has 2 aliphatic rings. The molecule has 2 aromatic carbocycles. The molecule has 3 atom stereocenters. The molecule has 9 heteroatoms. The highest BCUT2D eigenvalue weighted by atomic mass is 35.5. The highest BCUT2D eigenvalue weighted by molar-refractivity contribution is 6.30. The van der Waals surface area contributed by atoms with E-state index in [0.717, 1.165) is 23.9 Å². The number of nitrogens with two attached hydrogens (primary N) is 1. The van der Waals surface area contributed by atoms with Gasteiger partial charge in [-0.05, 0) is 67.6 Å². The predicted molar refractivity (Wildman–Crippen MR) is 151 cm³/mol. The van der Waals surface area contributed by atoms with Crippen LogP contribution in [0.2, 0.25) is 5.02 Å². The van der Waals surface area contributed by atoms with Crippen molar-refractivity contribution in [3.05, 3.63) is 64.2 Å². The normalized spacial score (nSPS) is 21.7. The molecule has 39 heavy (non-hydrogen) atoms. The number of alkyl halides is 3. The van der Waals surface area contributed by atoms with Crippen molar-refractivity contribution in [1.29, 1.82) is 0 Å². The summed E-state index contributed by atoms with van der Waals surface area (Å²) < 4.78 is 40.5. The van der Waals surface area contributed by atoms with Crippen LogP contribution in [0.15, 0.2) is 42.5 Å². The summed E-state index contributed by atoms with van der Waals surface area (Å²) in [4.78, 5) is 20.2. The van der Waals surface area contributed by atoms with Crippen LogP contribution in [0.1, 0.15) is 62.8 Å². The van der Waals surface area contributed by atoms with Gasteiger partial charge in [0.25, 0.3) is 0 Å². The molecule has 2 heterocycles. The first-order valence-corrected chi connectivity index (χ1v) is 14.2. The van der Waals surface area contributed by atoms with Gasteiger partial charge in [0, 0.05) is 68.0 Å². The van der Waals surface area contributed by atoms with Crippen molar-refractivity contribution in [3.8, 4) is 0 Å². The van der Waals surface area contributed by atoms with Crippen LogP contribution in [0.4, 0.5) is 18.9 Å². The van der Waals surface area contributed by atoms with E-state index < -0.39 is 17.8 Å². The fraction of sp³-hybridized carbons (Fsp3) is 0.567. The fourth-order valence-electron chi connectivity index (χ4n) is 5.91. The number of piperazine rings is 1. The number of halogens is 4. The topological polar surface area (TPSA) is 52.8 Å². The number of amides is 1. The van der Waals surface area contributed by atoms with Crippen molar-refractivity contribution in [2.75, 3.05) is 44.2 Å². The van der Waals surface area contributed by atoms with Gasteiger partial charge in [-0.2, -0.15) is 13.2 Å². The van der Waals surface area contributed by atoms with Crippen molar-refractivity contribution in [2.45, 2.75) is 58.3 Å². The fourth-order valence-corrected chi connectivity index (χ4v) is 6.03. The van der Waals surface area contributed by atoms with E-state index in [-0.39, 0.29) is 23.7 Å². The molecule has 0 saturated carbocycles. The van der Waals surface area contributed by atoms with E-state index in [1.54, 1.807) is 6.07 Å². The Bertz CT molecular complexity index is 1130. The van der Waals surface area contributed by atoms with Gasteiger partial charge in [0.2, 0.25) is 5.91 Å². The molecule has 0 radical (unpaired) electrons. The van der Waals surface area contributed by atoms with Gasteiger partial charge in [-0.1, -0.05) is 37.6 Å². The van der Waals surface area contributed by atoms with Crippen LogP contribution in [-0.2, 0) is 11.0 Å². The molecule has 2 saturated heterocycles. The van der Waals surface area contributed by atoms with E-state index in [0.29, 0.717) is 55.8 Å². The Hall–Kier alpha value is -2.29. The average molecular weight is 565 g/mol. The highest BCUT2D eigenvalue weighted by Crippen LogP contribution is 2.38. The zero-order valence-corrected chi connectivity index (χ0v) is 24.0. The van der Waals surface area contributed by atoms with E-state index in [9.17, 15) is 18.0 Å². The summed E-state index contributed by atoms with van der Waals surface area (Å²) in [5.74, 6) is 0.330. The van der Waals surface area contributed by atoms with Gasteiger partial charge in [-0.25, -0.2) is 0 Å². The lowest BCUT2D eigenvalue weighted by Gasteiger charge is -2.39. The molecule has 2 fully saturated rings. The quantitative estimate of drug-likeness (QED) is 0.436. The summed E-state index contributed by atoms with van der Waals surface area (Å²) in [6.45, 7) is 12.0. The highest BCUT2D eigenvalue weighted by Gasteiger charge is 2.41.